The maximum atomic E-state index is 13.0. The lowest BCUT2D eigenvalue weighted by molar-refractivity contribution is -0.274. The van der Waals surface area contributed by atoms with E-state index in [1.807, 2.05) is 0 Å². The van der Waals surface area contributed by atoms with Crippen molar-refractivity contribution in [3.63, 3.8) is 0 Å². The van der Waals surface area contributed by atoms with Gasteiger partial charge in [-0.15, -0.1) is 24.5 Å². The minimum Gasteiger partial charge on any atom is -0.406 e. The Labute approximate surface area is 227 Å². The summed E-state index contributed by atoms with van der Waals surface area (Å²) in [5.41, 5.74) is 1.76. The van der Waals surface area contributed by atoms with Crippen LogP contribution in [0.5, 0.6) is 5.75 Å². The monoisotopic (exact) mass is 603 g/mol. The lowest BCUT2D eigenvalue weighted by atomic mass is 9.99. The number of alkyl halides is 3. The number of para-hydroxylation sites is 1. The van der Waals surface area contributed by atoms with Crippen molar-refractivity contribution >= 4 is 42.8 Å². The number of nitrogens with one attached hydrogen (secondary N) is 1. The maximum absolute atomic E-state index is 13.0. The van der Waals surface area contributed by atoms with Crippen molar-refractivity contribution < 1.29 is 39.5 Å². The van der Waals surface area contributed by atoms with E-state index < -0.39 is 37.2 Å². The van der Waals surface area contributed by atoms with Gasteiger partial charge < -0.3 is 10.1 Å². The minimum absolute atomic E-state index is 0.0778. The zero-order valence-electron chi connectivity index (χ0n) is 20.5. The molecule has 4 rings (SSSR count). The number of carbonyl (C=O) groups is 1. The fourth-order valence-corrected chi connectivity index (χ4v) is 8.67. The minimum atomic E-state index is -4.80. The van der Waals surface area contributed by atoms with Crippen LogP contribution in [-0.4, -0.2) is 62.8 Å². The van der Waals surface area contributed by atoms with E-state index in [1.54, 1.807) is 29.6 Å². The summed E-state index contributed by atoms with van der Waals surface area (Å²) in [6.07, 6.45) is -3.04. The Balaban J connectivity index is 1.41. The molecule has 1 amide bonds. The zero-order chi connectivity index (χ0) is 28.4. The Hall–Kier alpha value is -3.01. The highest BCUT2D eigenvalue weighted by molar-refractivity contribution is 8.06. The van der Waals surface area contributed by atoms with Crippen molar-refractivity contribution in [2.75, 3.05) is 29.7 Å². The number of sulfonamides is 1. The number of nitrogens with zero attached hydrogens (tertiary/aromatic N) is 2. The number of aromatic nitrogens is 1. The summed E-state index contributed by atoms with van der Waals surface area (Å²) >= 11 is 1.28. The fraction of sp³-hybridized carbons (Fsp3) is 0.333. The quantitative estimate of drug-likeness (QED) is 0.403. The molecule has 0 aliphatic carbocycles. The number of hydrogen-bond donors (Lipinski definition) is 1. The summed E-state index contributed by atoms with van der Waals surface area (Å²) in [5.74, 6) is -0.914. The first kappa shape index (κ1) is 29.0. The third-order valence-corrected chi connectivity index (χ3v) is 11.0. The molecule has 1 aromatic heterocycles. The Morgan fingerprint density at radius 3 is 2.33 bits per heavy atom. The number of anilines is 1. The highest BCUT2D eigenvalue weighted by atomic mass is 32.3. The molecule has 0 spiro atoms. The third kappa shape index (κ3) is 7.77. The van der Waals surface area contributed by atoms with E-state index in [2.05, 4.69) is 15.0 Å². The van der Waals surface area contributed by atoms with Gasteiger partial charge in [-0.05, 0) is 36.6 Å². The largest absolute Gasteiger partial charge is 0.573 e. The van der Waals surface area contributed by atoms with Crippen LogP contribution in [0.3, 0.4) is 0 Å². The van der Waals surface area contributed by atoms with Crippen molar-refractivity contribution in [3.05, 3.63) is 64.6 Å². The van der Waals surface area contributed by atoms with Crippen LogP contribution in [0.2, 0.25) is 0 Å². The molecule has 0 atom stereocenters. The van der Waals surface area contributed by atoms with E-state index in [1.165, 1.54) is 39.9 Å². The second-order valence-corrected chi connectivity index (χ2v) is 14.3. The van der Waals surface area contributed by atoms with Gasteiger partial charge in [-0.3, -0.25) is 4.79 Å². The number of halogens is 3. The molecule has 0 unspecified atom stereocenters. The molecule has 39 heavy (non-hydrogen) atoms. The van der Waals surface area contributed by atoms with E-state index in [0.29, 0.717) is 34.7 Å². The number of amides is 1. The van der Waals surface area contributed by atoms with Gasteiger partial charge in [-0.2, -0.15) is 0 Å². The first-order valence-electron chi connectivity index (χ1n) is 11.6. The number of piperidine rings is 1. The van der Waals surface area contributed by atoms with Crippen molar-refractivity contribution in [2.45, 2.75) is 25.1 Å². The van der Waals surface area contributed by atoms with E-state index in [-0.39, 0.29) is 30.5 Å². The number of carbonyl (C=O) groups excluding carboxylic acids is 1. The molecule has 3 aromatic rings. The van der Waals surface area contributed by atoms with Crippen LogP contribution in [0.15, 0.2) is 53.9 Å². The molecule has 2 heterocycles. The van der Waals surface area contributed by atoms with Gasteiger partial charge in [0.2, 0.25) is 10.0 Å². The van der Waals surface area contributed by atoms with Crippen LogP contribution in [0, 0.1) is 0 Å². The number of hydrogen-bond acceptors (Lipinski definition) is 8. The van der Waals surface area contributed by atoms with Gasteiger partial charge in [0.15, 0.2) is 14.9 Å². The standard InChI is InChI=1S/C24H24F3N3O6S3/c1-38(32,33)15-39(34,35)30-12-10-17(11-13-30)23-29-21(14-37-23)22(31)28-20-5-3-2-4-19(20)16-6-8-18(9-7-16)36-24(25,26)27/h2-9,14,17H,10-13,15H2,1H3,(H,28,31). The summed E-state index contributed by atoms with van der Waals surface area (Å²) in [5, 5.41) is 4.14. The van der Waals surface area contributed by atoms with E-state index >= 15 is 0 Å². The number of thiazole rings is 1. The second-order valence-electron chi connectivity index (χ2n) is 8.97. The third-order valence-electron chi connectivity index (χ3n) is 5.89. The van der Waals surface area contributed by atoms with Crippen molar-refractivity contribution in [3.8, 4) is 16.9 Å². The predicted molar refractivity (Wildman–Crippen MR) is 141 cm³/mol. The van der Waals surface area contributed by atoms with Crippen LogP contribution in [-0.2, 0) is 19.9 Å². The Bertz CT molecular complexity index is 1550. The molecule has 1 N–H and O–H groups in total. The van der Waals surface area contributed by atoms with Gasteiger partial charge in [-0.1, -0.05) is 30.3 Å². The summed E-state index contributed by atoms with van der Waals surface area (Å²) in [6.45, 7) is 0.313. The molecule has 9 nitrogen and oxygen atoms in total. The van der Waals surface area contributed by atoms with Crippen molar-refractivity contribution in [1.29, 1.82) is 0 Å². The van der Waals surface area contributed by atoms with Crippen LogP contribution in [0.4, 0.5) is 18.9 Å². The van der Waals surface area contributed by atoms with E-state index in [4.69, 9.17) is 0 Å². The first-order valence-corrected chi connectivity index (χ1v) is 16.1. The van der Waals surface area contributed by atoms with Crippen LogP contribution < -0.4 is 10.1 Å². The highest BCUT2D eigenvalue weighted by Gasteiger charge is 2.33. The summed E-state index contributed by atoms with van der Waals surface area (Å²) in [7, 11) is -7.61. The average Bonchev–Trinajstić information content (AvgIpc) is 3.33. The van der Waals surface area contributed by atoms with E-state index in [9.17, 15) is 34.8 Å². The smallest absolute Gasteiger partial charge is 0.406 e. The van der Waals surface area contributed by atoms with Crippen molar-refractivity contribution in [2.24, 2.45) is 0 Å². The van der Waals surface area contributed by atoms with Gasteiger partial charge in [0, 0.05) is 41.9 Å². The van der Waals surface area contributed by atoms with Gasteiger partial charge in [0.1, 0.15) is 11.4 Å². The number of ether oxygens (including phenoxy) is 1. The molecule has 0 saturated carbocycles. The molecular weight excluding hydrogens is 579 g/mol. The molecule has 1 fully saturated rings. The molecule has 1 saturated heterocycles. The van der Waals surface area contributed by atoms with Gasteiger partial charge in [-0.25, -0.2) is 26.1 Å². The number of rotatable bonds is 8. The molecular formula is C24H24F3N3O6S3. The SMILES string of the molecule is CS(=O)(=O)CS(=O)(=O)N1CCC(c2nc(C(=O)Nc3ccccc3-c3ccc(OC(F)(F)F)cc3)cs2)CC1. The highest BCUT2D eigenvalue weighted by Crippen LogP contribution is 2.33. The van der Waals surface area contributed by atoms with Crippen molar-refractivity contribution in [1.82, 2.24) is 9.29 Å². The van der Waals surface area contributed by atoms with Gasteiger partial charge in [0.05, 0.1) is 5.01 Å². The molecule has 210 valence electrons. The van der Waals surface area contributed by atoms with Crippen LogP contribution in [0.1, 0.15) is 34.3 Å². The Morgan fingerprint density at radius 2 is 1.72 bits per heavy atom. The lowest BCUT2D eigenvalue weighted by Gasteiger charge is -2.30. The lowest BCUT2D eigenvalue weighted by Crippen LogP contribution is -2.40. The summed E-state index contributed by atoms with van der Waals surface area (Å²) in [6, 6.07) is 12.1. The summed E-state index contributed by atoms with van der Waals surface area (Å²) < 4.78 is 90.0. The molecule has 2 aromatic carbocycles. The summed E-state index contributed by atoms with van der Waals surface area (Å²) in [4.78, 5) is 17.4. The van der Waals surface area contributed by atoms with Crippen LogP contribution in [0.25, 0.3) is 11.1 Å². The van der Waals surface area contributed by atoms with Gasteiger partial charge >= 0.3 is 6.36 Å². The number of sulfone groups is 1. The van der Waals surface area contributed by atoms with Crippen LogP contribution >= 0.6 is 11.3 Å². The Morgan fingerprint density at radius 1 is 1.08 bits per heavy atom. The fourth-order valence-electron chi connectivity index (χ4n) is 4.17. The van der Waals surface area contributed by atoms with Gasteiger partial charge in [0.25, 0.3) is 5.91 Å². The normalized spacial score (nSPS) is 15.7. The molecule has 1 aliphatic heterocycles. The average molecular weight is 604 g/mol. The predicted octanol–water partition coefficient (Wildman–Crippen LogP) is 4.47. The second kappa shape index (κ2) is 11.2. The van der Waals surface area contributed by atoms with E-state index in [0.717, 1.165) is 6.26 Å². The molecule has 0 radical (unpaired) electrons. The number of benzene rings is 2. The molecule has 15 heteroatoms. The zero-order valence-corrected chi connectivity index (χ0v) is 23.0. The maximum Gasteiger partial charge on any atom is 0.573 e. The first-order chi connectivity index (χ1) is 18.2. The molecule has 1 aliphatic rings. The topological polar surface area (TPSA) is 123 Å². The Kier molecular flexibility index (Phi) is 8.35. The molecule has 0 bridgehead atoms.